The molecule has 0 spiro atoms. The standard InChI is InChI=1S/C12H15F3N2O2/c13-10-2-1-8(12(16)18)5-9(10)6-17-3-4-19-7-11(14)15/h1-2,5,11,17H,3-4,6-7H2,(H2,16,18). The number of carbonyl (C=O) groups excluding carboxylic acids is 1. The molecule has 0 radical (unpaired) electrons. The lowest BCUT2D eigenvalue weighted by Gasteiger charge is -2.08. The first kappa shape index (κ1) is 15.5. The molecule has 1 rings (SSSR count). The Kier molecular flexibility index (Phi) is 6.31. The van der Waals surface area contributed by atoms with Crippen LogP contribution in [-0.4, -0.2) is 32.1 Å². The lowest BCUT2D eigenvalue weighted by Crippen LogP contribution is -2.21. The summed E-state index contributed by atoms with van der Waals surface area (Å²) in [5, 5.41) is 2.82. The van der Waals surface area contributed by atoms with E-state index in [1.165, 1.54) is 12.1 Å². The quantitative estimate of drug-likeness (QED) is 0.703. The molecule has 0 unspecified atom stereocenters. The maximum Gasteiger partial charge on any atom is 0.261 e. The predicted molar refractivity (Wildman–Crippen MR) is 63.4 cm³/mol. The van der Waals surface area contributed by atoms with Gasteiger partial charge in [-0.25, -0.2) is 13.2 Å². The summed E-state index contributed by atoms with van der Waals surface area (Å²) >= 11 is 0. The normalized spacial score (nSPS) is 10.9. The molecule has 106 valence electrons. The Balaban J connectivity index is 2.36. The monoisotopic (exact) mass is 276 g/mol. The van der Waals surface area contributed by atoms with Gasteiger partial charge in [0.1, 0.15) is 12.4 Å². The van der Waals surface area contributed by atoms with Gasteiger partial charge in [-0.1, -0.05) is 0 Å². The van der Waals surface area contributed by atoms with E-state index >= 15 is 0 Å². The zero-order valence-corrected chi connectivity index (χ0v) is 10.2. The molecule has 1 aromatic carbocycles. The zero-order chi connectivity index (χ0) is 14.3. The topological polar surface area (TPSA) is 64.4 Å². The van der Waals surface area contributed by atoms with Crippen LogP contribution in [0.5, 0.6) is 0 Å². The van der Waals surface area contributed by atoms with Crippen LogP contribution in [0, 0.1) is 5.82 Å². The van der Waals surface area contributed by atoms with E-state index in [4.69, 9.17) is 5.73 Å². The summed E-state index contributed by atoms with van der Waals surface area (Å²) in [5.41, 5.74) is 5.58. The average molecular weight is 276 g/mol. The van der Waals surface area contributed by atoms with Crippen molar-refractivity contribution in [1.82, 2.24) is 5.32 Å². The number of nitrogens with one attached hydrogen (secondary N) is 1. The van der Waals surface area contributed by atoms with Crippen molar-refractivity contribution in [2.75, 3.05) is 19.8 Å². The molecule has 3 N–H and O–H groups in total. The lowest BCUT2D eigenvalue weighted by atomic mass is 10.1. The van der Waals surface area contributed by atoms with Crippen molar-refractivity contribution >= 4 is 5.91 Å². The number of hydrogen-bond acceptors (Lipinski definition) is 3. The molecule has 0 aliphatic heterocycles. The van der Waals surface area contributed by atoms with Gasteiger partial charge in [-0.3, -0.25) is 4.79 Å². The molecule has 0 fully saturated rings. The number of ether oxygens (including phenoxy) is 1. The van der Waals surface area contributed by atoms with Crippen molar-refractivity contribution in [3.05, 3.63) is 35.1 Å². The highest BCUT2D eigenvalue weighted by atomic mass is 19.3. The maximum atomic E-state index is 13.4. The third-order valence-corrected chi connectivity index (χ3v) is 2.31. The van der Waals surface area contributed by atoms with Crippen LogP contribution in [0.1, 0.15) is 15.9 Å². The summed E-state index contributed by atoms with van der Waals surface area (Å²) in [4.78, 5) is 10.9. The number of amides is 1. The number of carbonyl (C=O) groups is 1. The van der Waals surface area contributed by atoms with Crippen LogP contribution in [0.4, 0.5) is 13.2 Å². The number of benzene rings is 1. The Labute approximate surface area is 108 Å². The third kappa shape index (κ3) is 5.71. The van der Waals surface area contributed by atoms with Crippen LogP contribution in [0.25, 0.3) is 0 Å². The highest BCUT2D eigenvalue weighted by Gasteiger charge is 2.07. The maximum absolute atomic E-state index is 13.4. The van der Waals surface area contributed by atoms with Gasteiger partial charge in [-0.15, -0.1) is 0 Å². The molecule has 0 atom stereocenters. The number of primary amides is 1. The molecule has 0 bridgehead atoms. The minimum atomic E-state index is -2.50. The fourth-order valence-electron chi connectivity index (χ4n) is 1.40. The van der Waals surface area contributed by atoms with Crippen LogP contribution in [-0.2, 0) is 11.3 Å². The average Bonchev–Trinajstić information content (AvgIpc) is 2.34. The second-order valence-corrected chi connectivity index (χ2v) is 3.81. The summed E-state index contributed by atoms with van der Waals surface area (Å²) in [6.07, 6.45) is -2.50. The molecule has 0 aliphatic carbocycles. The molecule has 19 heavy (non-hydrogen) atoms. The molecule has 0 heterocycles. The number of hydrogen-bond donors (Lipinski definition) is 2. The van der Waals surface area contributed by atoms with E-state index in [9.17, 15) is 18.0 Å². The van der Waals surface area contributed by atoms with Crippen molar-refractivity contribution < 1.29 is 22.7 Å². The first-order chi connectivity index (χ1) is 9.00. The van der Waals surface area contributed by atoms with E-state index in [2.05, 4.69) is 10.1 Å². The van der Waals surface area contributed by atoms with E-state index in [1.807, 2.05) is 0 Å². The van der Waals surface area contributed by atoms with Gasteiger partial charge in [-0.2, -0.15) is 0 Å². The lowest BCUT2D eigenvalue weighted by molar-refractivity contribution is 0.0187. The highest BCUT2D eigenvalue weighted by Crippen LogP contribution is 2.10. The Bertz CT molecular complexity index is 427. The van der Waals surface area contributed by atoms with Crippen LogP contribution in [0.2, 0.25) is 0 Å². The van der Waals surface area contributed by atoms with Gasteiger partial charge in [-0.05, 0) is 18.2 Å². The molecular formula is C12H15F3N2O2. The first-order valence-electron chi connectivity index (χ1n) is 5.65. The predicted octanol–water partition coefficient (Wildman–Crippen LogP) is 1.30. The van der Waals surface area contributed by atoms with Crippen molar-refractivity contribution in [1.29, 1.82) is 0 Å². The van der Waals surface area contributed by atoms with Gasteiger partial charge >= 0.3 is 0 Å². The van der Waals surface area contributed by atoms with Gasteiger partial charge in [0.15, 0.2) is 0 Å². The summed E-state index contributed by atoms with van der Waals surface area (Å²) in [5.74, 6) is -1.10. The Morgan fingerprint density at radius 3 is 2.79 bits per heavy atom. The van der Waals surface area contributed by atoms with E-state index in [-0.39, 0.29) is 24.3 Å². The van der Waals surface area contributed by atoms with Crippen LogP contribution in [0.15, 0.2) is 18.2 Å². The van der Waals surface area contributed by atoms with E-state index in [0.717, 1.165) is 6.07 Å². The molecule has 0 saturated heterocycles. The van der Waals surface area contributed by atoms with Gasteiger partial charge in [0, 0.05) is 24.2 Å². The van der Waals surface area contributed by atoms with Crippen molar-refractivity contribution in [3.8, 4) is 0 Å². The van der Waals surface area contributed by atoms with Gasteiger partial charge in [0.2, 0.25) is 5.91 Å². The Morgan fingerprint density at radius 1 is 1.42 bits per heavy atom. The summed E-state index contributed by atoms with van der Waals surface area (Å²) in [6.45, 7) is -0.0629. The van der Waals surface area contributed by atoms with Gasteiger partial charge < -0.3 is 15.8 Å². The Hall–Kier alpha value is -1.60. The molecule has 1 amide bonds. The molecule has 0 saturated carbocycles. The molecule has 1 aromatic rings. The summed E-state index contributed by atoms with van der Waals surface area (Å²) in [7, 11) is 0. The van der Waals surface area contributed by atoms with Crippen LogP contribution >= 0.6 is 0 Å². The Morgan fingerprint density at radius 2 is 2.16 bits per heavy atom. The van der Waals surface area contributed by atoms with Gasteiger partial charge in [0.05, 0.1) is 6.61 Å². The third-order valence-electron chi connectivity index (χ3n) is 2.31. The van der Waals surface area contributed by atoms with Crippen molar-refractivity contribution in [2.45, 2.75) is 13.0 Å². The molecular weight excluding hydrogens is 261 g/mol. The summed E-state index contributed by atoms with van der Waals surface area (Å²) in [6, 6.07) is 3.81. The second-order valence-electron chi connectivity index (χ2n) is 3.81. The van der Waals surface area contributed by atoms with E-state index in [1.54, 1.807) is 0 Å². The molecule has 7 heteroatoms. The van der Waals surface area contributed by atoms with Crippen LogP contribution in [0.3, 0.4) is 0 Å². The zero-order valence-electron chi connectivity index (χ0n) is 10.2. The molecule has 0 aromatic heterocycles. The number of alkyl halides is 2. The van der Waals surface area contributed by atoms with E-state index < -0.39 is 24.8 Å². The first-order valence-corrected chi connectivity index (χ1v) is 5.65. The second kappa shape index (κ2) is 7.75. The van der Waals surface area contributed by atoms with Crippen LogP contribution < -0.4 is 11.1 Å². The fourth-order valence-corrected chi connectivity index (χ4v) is 1.40. The molecule has 0 aliphatic rings. The fraction of sp³-hybridized carbons (Fsp3) is 0.417. The minimum absolute atomic E-state index is 0.0987. The van der Waals surface area contributed by atoms with Gasteiger partial charge in [0.25, 0.3) is 6.43 Å². The number of nitrogens with two attached hydrogens (primary N) is 1. The number of rotatable bonds is 8. The highest BCUT2D eigenvalue weighted by molar-refractivity contribution is 5.92. The van der Waals surface area contributed by atoms with Crippen molar-refractivity contribution in [3.63, 3.8) is 0 Å². The largest absolute Gasteiger partial charge is 0.374 e. The number of halogens is 3. The van der Waals surface area contributed by atoms with E-state index in [0.29, 0.717) is 6.54 Å². The SMILES string of the molecule is NC(=O)c1ccc(F)c(CNCCOCC(F)F)c1. The smallest absolute Gasteiger partial charge is 0.261 e. The molecule has 4 nitrogen and oxygen atoms in total. The van der Waals surface area contributed by atoms with Crippen molar-refractivity contribution in [2.24, 2.45) is 5.73 Å². The minimum Gasteiger partial charge on any atom is -0.374 e. The summed E-state index contributed by atoms with van der Waals surface area (Å²) < 4.78 is 41.5.